The van der Waals surface area contributed by atoms with E-state index in [4.69, 9.17) is 11.6 Å². The molecule has 0 aliphatic heterocycles. The van der Waals surface area contributed by atoms with E-state index in [1.54, 1.807) is 11.8 Å². The average molecular weight is 312 g/mol. The Morgan fingerprint density at radius 1 is 1.53 bits per heavy atom. The molecule has 1 aromatic carbocycles. The molecule has 0 aromatic heterocycles. The summed E-state index contributed by atoms with van der Waals surface area (Å²) in [5.74, 6) is 2.68. The van der Waals surface area contributed by atoms with E-state index in [9.17, 15) is 4.39 Å². The lowest BCUT2D eigenvalue weighted by molar-refractivity contribution is 0.616. The fraction of sp³-hybridized carbons (Fsp3) is 0.455. The smallest absolute Gasteiger partial charge is 0.128 e. The second kappa shape index (κ2) is 6.77. The second-order valence-corrected chi connectivity index (χ2v) is 5.76. The van der Waals surface area contributed by atoms with Gasteiger partial charge in [-0.25, -0.2) is 4.39 Å². The Hall–Kier alpha value is 0.270. The lowest BCUT2D eigenvalue weighted by Crippen LogP contribution is -2.00. The van der Waals surface area contributed by atoms with Crippen LogP contribution in [-0.2, 0) is 5.75 Å². The van der Waals surface area contributed by atoms with Gasteiger partial charge in [-0.2, -0.15) is 11.8 Å². The van der Waals surface area contributed by atoms with Crippen molar-refractivity contribution >= 4 is 39.3 Å². The van der Waals surface area contributed by atoms with Crippen LogP contribution in [0.3, 0.4) is 0 Å². The highest BCUT2D eigenvalue weighted by Gasteiger charge is 2.04. The molecule has 0 radical (unpaired) electrons. The van der Waals surface area contributed by atoms with Crippen molar-refractivity contribution in [3.8, 4) is 0 Å². The molecule has 4 heteroatoms. The fourth-order valence-corrected chi connectivity index (χ4v) is 2.72. The van der Waals surface area contributed by atoms with Crippen LogP contribution in [0.1, 0.15) is 12.5 Å². The minimum Gasteiger partial charge on any atom is -0.207 e. The van der Waals surface area contributed by atoms with Gasteiger partial charge in [0.15, 0.2) is 0 Å². The zero-order chi connectivity index (χ0) is 11.3. The van der Waals surface area contributed by atoms with Crippen LogP contribution in [0, 0.1) is 11.7 Å². The monoisotopic (exact) mass is 310 g/mol. The summed E-state index contributed by atoms with van der Waals surface area (Å²) in [5.41, 5.74) is 0.755. The highest BCUT2D eigenvalue weighted by atomic mass is 79.9. The molecule has 0 spiro atoms. The molecule has 0 saturated carbocycles. The predicted octanol–water partition coefficient (Wildman–Crippen LogP) is 4.70. The second-order valence-electron chi connectivity index (χ2n) is 3.51. The van der Waals surface area contributed by atoms with E-state index in [0.29, 0.717) is 17.6 Å². The van der Waals surface area contributed by atoms with Crippen molar-refractivity contribution in [3.05, 3.63) is 34.1 Å². The van der Waals surface area contributed by atoms with E-state index >= 15 is 0 Å². The Bertz CT molecular complexity index is 319. The highest BCUT2D eigenvalue weighted by molar-refractivity contribution is 9.10. The molecule has 1 unspecified atom stereocenters. The summed E-state index contributed by atoms with van der Waals surface area (Å²) < 4.78 is 14.2. The van der Waals surface area contributed by atoms with Gasteiger partial charge in [0.1, 0.15) is 5.82 Å². The van der Waals surface area contributed by atoms with E-state index in [0.717, 1.165) is 15.8 Å². The topological polar surface area (TPSA) is 0 Å². The molecule has 1 rings (SSSR count). The maximum Gasteiger partial charge on any atom is 0.128 e. The van der Waals surface area contributed by atoms with Gasteiger partial charge in [-0.1, -0.05) is 28.9 Å². The molecule has 1 atom stereocenters. The van der Waals surface area contributed by atoms with Gasteiger partial charge >= 0.3 is 0 Å². The third-order valence-corrected chi connectivity index (χ3v) is 4.28. The first-order chi connectivity index (χ1) is 7.13. The molecule has 0 aliphatic rings. The molecule has 0 amide bonds. The van der Waals surface area contributed by atoms with Crippen LogP contribution in [0.2, 0.25) is 0 Å². The molecule has 0 bridgehead atoms. The van der Waals surface area contributed by atoms with Gasteiger partial charge in [0.2, 0.25) is 0 Å². The maximum atomic E-state index is 13.4. The van der Waals surface area contributed by atoms with Crippen molar-refractivity contribution in [1.29, 1.82) is 0 Å². The molecule has 0 heterocycles. The number of hydrogen-bond acceptors (Lipinski definition) is 1. The van der Waals surface area contributed by atoms with Gasteiger partial charge < -0.3 is 0 Å². The van der Waals surface area contributed by atoms with Crippen LogP contribution in [0.25, 0.3) is 0 Å². The van der Waals surface area contributed by atoms with E-state index in [1.807, 2.05) is 12.1 Å². The van der Waals surface area contributed by atoms with Gasteiger partial charge in [0.05, 0.1) is 0 Å². The van der Waals surface area contributed by atoms with Gasteiger partial charge in [-0.05, 0) is 29.4 Å². The minimum absolute atomic E-state index is 0.143. The van der Waals surface area contributed by atoms with Crippen molar-refractivity contribution in [3.63, 3.8) is 0 Å². The third-order valence-electron chi connectivity index (χ3n) is 1.94. The standard InChI is InChI=1S/C11H13BrClFS/c1-8(5-13)6-15-7-9-2-3-10(12)4-11(9)14/h2-4,8H,5-7H2,1H3. The Morgan fingerprint density at radius 3 is 2.87 bits per heavy atom. The molecule has 0 fully saturated rings. The van der Waals surface area contributed by atoms with Crippen molar-refractivity contribution in [1.82, 2.24) is 0 Å². The van der Waals surface area contributed by atoms with Gasteiger partial charge in [0, 0.05) is 16.1 Å². The zero-order valence-electron chi connectivity index (χ0n) is 8.47. The molecule has 0 N–H and O–H groups in total. The summed E-state index contributed by atoms with van der Waals surface area (Å²) in [6, 6.07) is 5.18. The number of rotatable bonds is 5. The predicted molar refractivity (Wildman–Crippen MR) is 70.1 cm³/mol. The molecule has 84 valence electrons. The summed E-state index contributed by atoms with van der Waals surface area (Å²) >= 11 is 10.6. The summed E-state index contributed by atoms with van der Waals surface area (Å²) in [6.07, 6.45) is 0. The van der Waals surface area contributed by atoms with E-state index in [2.05, 4.69) is 22.9 Å². The summed E-state index contributed by atoms with van der Waals surface area (Å²) in [6.45, 7) is 2.10. The SMILES string of the molecule is CC(CCl)CSCc1ccc(Br)cc1F. The molecular formula is C11H13BrClFS. The van der Waals surface area contributed by atoms with Crippen LogP contribution < -0.4 is 0 Å². The van der Waals surface area contributed by atoms with Crippen molar-refractivity contribution in [2.45, 2.75) is 12.7 Å². The van der Waals surface area contributed by atoms with Gasteiger partial charge in [0.25, 0.3) is 0 Å². The quantitative estimate of drug-likeness (QED) is 0.711. The number of hydrogen-bond donors (Lipinski definition) is 0. The molecule has 1 aromatic rings. The summed E-state index contributed by atoms with van der Waals surface area (Å²) in [5, 5.41) is 0. The molecule has 0 nitrogen and oxygen atoms in total. The summed E-state index contributed by atoms with van der Waals surface area (Å²) in [4.78, 5) is 0. The van der Waals surface area contributed by atoms with E-state index < -0.39 is 0 Å². The molecule has 0 aliphatic carbocycles. The number of alkyl halides is 1. The van der Waals surface area contributed by atoms with E-state index in [1.165, 1.54) is 6.07 Å². The third kappa shape index (κ3) is 4.75. The average Bonchev–Trinajstić information content (AvgIpc) is 2.21. The van der Waals surface area contributed by atoms with Crippen LogP contribution in [-0.4, -0.2) is 11.6 Å². The van der Waals surface area contributed by atoms with Crippen molar-refractivity contribution < 1.29 is 4.39 Å². The zero-order valence-corrected chi connectivity index (χ0v) is 11.6. The fourth-order valence-electron chi connectivity index (χ4n) is 1.05. The van der Waals surface area contributed by atoms with Crippen LogP contribution in [0.5, 0.6) is 0 Å². The maximum absolute atomic E-state index is 13.4. The molecular weight excluding hydrogens is 299 g/mol. The van der Waals surface area contributed by atoms with E-state index in [-0.39, 0.29) is 5.82 Å². The highest BCUT2D eigenvalue weighted by Crippen LogP contribution is 2.21. The Balaban J connectivity index is 2.44. The summed E-state index contributed by atoms with van der Waals surface area (Å²) in [7, 11) is 0. The largest absolute Gasteiger partial charge is 0.207 e. The van der Waals surface area contributed by atoms with Crippen LogP contribution in [0.15, 0.2) is 22.7 Å². The first-order valence-corrected chi connectivity index (χ1v) is 7.19. The number of thioether (sulfide) groups is 1. The van der Waals surface area contributed by atoms with Gasteiger partial charge in [-0.15, -0.1) is 11.6 Å². The first-order valence-electron chi connectivity index (χ1n) is 4.71. The number of halogens is 3. The normalized spacial score (nSPS) is 12.8. The molecule has 15 heavy (non-hydrogen) atoms. The Morgan fingerprint density at radius 2 is 2.27 bits per heavy atom. The first kappa shape index (κ1) is 13.3. The molecule has 0 saturated heterocycles. The van der Waals surface area contributed by atoms with Crippen LogP contribution >= 0.6 is 39.3 Å². The van der Waals surface area contributed by atoms with Gasteiger partial charge in [-0.3, -0.25) is 0 Å². The van der Waals surface area contributed by atoms with Crippen molar-refractivity contribution in [2.75, 3.05) is 11.6 Å². The lowest BCUT2D eigenvalue weighted by Gasteiger charge is -2.07. The van der Waals surface area contributed by atoms with Crippen molar-refractivity contribution in [2.24, 2.45) is 5.92 Å². The number of benzene rings is 1. The Labute approximate surface area is 108 Å². The Kier molecular flexibility index (Phi) is 6.02. The lowest BCUT2D eigenvalue weighted by atomic mass is 10.2. The minimum atomic E-state index is -0.143. The van der Waals surface area contributed by atoms with Crippen LogP contribution in [0.4, 0.5) is 4.39 Å².